The number of hydrogen-bond donors (Lipinski definition) is 2. The summed E-state index contributed by atoms with van der Waals surface area (Å²) in [5.74, 6) is -0.396. The van der Waals surface area contributed by atoms with Gasteiger partial charge in [-0.05, 0) is 12.1 Å². The average molecular weight is 399 g/mol. The van der Waals surface area contributed by atoms with Gasteiger partial charge in [0.05, 0.1) is 24.0 Å². The Morgan fingerprint density at radius 1 is 1.37 bits per heavy atom. The summed E-state index contributed by atoms with van der Waals surface area (Å²) >= 11 is 1.23. The van der Waals surface area contributed by atoms with Crippen LogP contribution in [0.1, 0.15) is 16.1 Å². The van der Waals surface area contributed by atoms with Crippen LogP contribution < -0.4 is 5.32 Å². The standard InChI is InChI=1S/C17H16F3N3O3S/c1-26-8-12(24)6-21-15(25)14-9-27-16-22-13(7-23(14)16)10-2-4-11(5-3-10)17(18,19)20/h2-5,7,9,12,24H,6,8H2,1H3,(H,21,25)/t12-/m0/s1. The summed E-state index contributed by atoms with van der Waals surface area (Å²) in [7, 11) is 1.45. The average Bonchev–Trinajstić information content (AvgIpc) is 3.20. The van der Waals surface area contributed by atoms with Crippen molar-refractivity contribution in [2.24, 2.45) is 0 Å². The third kappa shape index (κ3) is 4.29. The SMILES string of the molecule is COC[C@@H](O)CNC(=O)c1csc2nc(-c3ccc(C(F)(F)F)cc3)cn12. The van der Waals surface area contributed by atoms with Gasteiger partial charge in [0.25, 0.3) is 5.91 Å². The fourth-order valence-corrected chi connectivity index (χ4v) is 3.32. The molecule has 2 aromatic heterocycles. The number of hydrogen-bond acceptors (Lipinski definition) is 5. The molecule has 1 aromatic carbocycles. The van der Waals surface area contributed by atoms with Crippen molar-refractivity contribution in [1.82, 2.24) is 14.7 Å². The molecule has 3 rings (SSSR count). The molecule has 0 saturated heterocycles. The molecule has 10 heteroatoms. The van der Waals surface area contributed by atoms with Gasteiger partial charge in [-0.15, -0.1) is 11.3 Å². The molecule has 0 aliphatic rings. The smallest absolute Gasteiger partial charge is 0.389 e. The number of aromatic nitrogens is 2. The number of carbonyl (C=O) groups is 1. The summed E-state index contributed by atoms with van der Waals surface area (Å²) in [4.78, 5) is 17.2. The van der Waals surface area contributed by atoms with Crippen molar-refractivity contribution in [3.8, 4) is 11.3 Å². The zero-order valence-corrected chi connectivity index (χ0v) is 15.0. The quantitative estimate of drug-likeness (QED) is 0.668. The second kappa shape index (κ2) is 7.67. The van der Waals surface area contributed by atoms with E-state index in [9.17, 15) is 23.1 Å². The van der Waals surface area contributed by atoms with Crippen molar-refractivity contribution in [3.05, 3.63) is 47.1 Å². The first-order valence-electron chi connectivity index (χ1n) is 7.89. The Labute approximate surface area is 156 Å². The van der Waals surface area contributed by atoms with Crippen LogP contribution in [0, 0.1) is 0 Å². The number of nitrogens with one attached hydrogen (secondary N) is 1. The van der Waals surface area contributed by atoms with Gasteiger partial charge in [-0.3, -0.25) is 9.20 Å². The van der Waals surface area contributed by atoms with E-state index >= 15 is 0 Å². The molecule has 144 valence electrons. The van der Waals surface area contributed by atoms with Crippen LogP contribution in [-0.2, 0) is 10.9 Å². The highest BCUT2D eigenvalue weighted by Crippen LogP contribution is 2.31. The fraction of sp³-hybridized carbons (Fsp3) is 0.294. The first-order valence-corrected chi connectivity index (χ1v) is 8.77. The zero-order chi connectivity index (χ0) is 19.6. The van der Waals surface area contributed by atoms with Crippen molar-refractivity contribution < 1.29 is 27.8 Å². The van der Waals surface area contributed by atoms with Crippen LogP contribution in [0.4, 0.5) is 13.2 Å². The molecule has 2 heterocycles. The van der Waals surface area contributed by atoms with Crippen LogP contribution in [0.3, 0.4) is 0 Å². The minimum Gasteiger partial charge on any atom is -0.389 e. The molecule has 0 aliphatic heterocycles. The number of nitrogens with zero attached hydrogens (tertiary/aromatic N) is 2. The Hall–Kier alpha value is -2.43. The molecule has 0 bridgehead atoms. The van der Waals surface area contributed by atoms with Crippen LogP contribution >= 0.6 is 11.3 Å². The number of aliphatic hydroxyl groups excluding tert-OH is 1. The number of imidazole rings is 1. The molecule has 0 radical (unpaired) electrons. The summed E-state index contributed by atoms with van der Waals surface area (Å²) in [5.41, 5.74) is 0.567. The lowest BCUT2D eigenvalue weighted by Crippen LogP contribution is -2.34. The molecule has 0 unspecified atom stereocenters. The van der Waals surface area contributed by atoms with Gasteiger partial charge >= 0.3 is 6.18 Å². The second-order valence-electron chi connectivity index (χ2n) is 5.79. The summed E-state index contributed by atoms with van der Waals surface area (Å²) in [5, 5.41) is 13.8. The number of ether oxygens (including phenoxy) is 1. The van der Waals surface area contributed by atoms with Crippen molar-refractivity contribution in [2.75, 3.05) is 20.3 Å². The van der Waals surface area contributed by atoms with Crippen molar-refractivity contribution in [2.45, 2.75) is 12.3 Å². The predicted octanol–water partition coefficient (Wildman–Crippen LogP) is 2.82. The summed E-state index contributed by atoms with van der Waals surface area (Å²) < 4.78 is 44.4. The number of amides is 1. The van der Waals surface area contributed by atoms with Gasteiger partial charge in [0.15, 0.2) is 4.96 Å². The lowest BCUT2D eigenvalue weighted by atomic mass is 10.1. The van der Waals surface area contributed by atoms with Gasteiger partial charge < -0.3 is 15.2 Å². The van der Waals surface area contributed by atoms with E-state index < -0.39 is 23.8 Å². The fourth-order valence-electron chi connectivity index (χ4n) is 2.47. The Morgan fingerprint density at radius 2 is 2.07 bits per heavy atom. The number of thiazole rings is 1. The minimum absolute atomic E-state index is 0.0322. The molecule has 6 nitrogen and oxygen atoms in total. The highest BCUT2D eigenvalue weighted by molar-refractivity contribution is 7.15. The van der Waals surface area contributed by atoms with Gasteiger partial charge in [0.1, 0.15) is 5.69 Å². The van der Waals surface area contributed by atoms with Crippen molar-refractivity contribution >= 4 is 22.2 Å². The number of alkyl halides is 3. The van der Waals surface area contributed by atoms with E-state index in [0.29, 0.717) is 21.9 Å². The Morgan fingerprint density at radius 3 is 2.70 bits per heavy atom. The highest BCUT2D eigenvalue weighted by atomic mass is 32.1. The Bertz CT molecular complexity index is 934. The van der Waals surface area contributed by atoms with E-state index in [1.54, 1.807) is 16.0 Å². The maximum absolute atomic E-state index is 12.7. The lowest BCUT2D eigenvalue weighted by Gasteiger charge is -2.10. The largest absolute Gasteiger partial charge is 0.416 e. The molecule has 0 aliphatic carbocycles. The van der Waals surface area contributed by atoms with E-state index in [1.807, 2.05) is 0 Å². The summed E-state index contributed by atoms with van der Waals surface area (Å²) in [6.45, 7) is 0.132. The number of benzene rings is 1. The van der Waals surface area contributed by atoms with Crippen molar-refractivity contribution in [3.63, 3.8) is 0 Å². The summed E-state index contributed by atoms with van der Waals surface area (Å²) in [6.07, 6.45) is -3.63. The predicted molar refractivity (Wildman–Crippen MR) is 93.7 cm³/mol. The van der Waals surface area contributed by atoms with Crippen LogP contribution in [0.15, 0.2) is 35.8 Å². The van der Waals surface area contributed by atoms with Gasteiger partial charge in [-0.25, -0.2) is 4.98 Å². The third-order valence-electron chi connectivity index (χ3n) is 3.81. The zero-order valence-electron chi connectivity index (χ0n) is 14.2. The van der Waals surface area contributed by atoms with E-state index in [-0.39, 0.29) is 13.2 Å². The van der Waals surface area contributed by atoms with Crippen LogP contribution in [-0.4, -0.2) is 46.8 Å². The molecular weight excluding hydrogens is 383 g/mol. The summed E-state index contributed by atoms with van der Waals surface area (Å²) in [6, 6.07) is 4.67. The number of methoxy groups -OCH3 is 1. The number of carbonyl (C=O) groups excluding carboxylic acids is 1. The normalized spacial score (nSPS) is 13.1. The van der Waals surface area contributed by atoms with Crippen LogP contribution in [0.5, 0.6) is 0 Å². The number of fused-ring (bicyclic) bond motifs is 1. The van der Waals surface area contributed by atoms with Crippen LogP contribution in [0.2, 0.25) is 0 Å². The van der Waals surface area contributed by atoms with Gasteiger partial charge in [-0.2, -0.15) is 13.2 Å². The topological polar surface area (TPSA) is 75.9 Å². The molecule has 0 spiro atoms. The molecule has 0 fully saturated rings. The number of rotatable bonds is 6. The lowest BCUT2D eigenvalue weighted by molar-refractivity contribution is -0.137. The maximum atomic E-state index is 12.7. The minimum atomic E-state index is -4.40. The molecule has 1 amide bonds. The maximum Gasteiger partial charge on any atom is 0.416 e. The first-order chi connectivity index (χ1) is 12.8. The Balaban J connectivity index is 1.80. The molecule has 3 aromatic rings. The van der Waals surface area contributed by atoms with Crippen LogP contribution in [0.25, 0.3) is 16.2 Å². The molecule has 0 saturated carbocycles. The van der Waals surface area contributed by atoms with E-state index in [2.05, 4.69) is 10.3 Å². The first kappa shape index (κ1) is 19.3. The number of halogens is 3. The molecule has 2 N–H and O–H groups in total. The third-order valence-corrected chi connectivity index (χ3v) is 4.65. The van der Waals surface area contributed by atoms with Crippen molar-refractivity contribution in [1.29, 1.82) is 0 Å². The van der Waals surface area contributed by atoms with E-state index in [1.165, 1.54) is 30.6 Å². The highest BCUT2D eigenvalue weighted by Gasteiger charge is 2.30. The molecule has 1 atom stereocenters. The molecular formula is C17H16F3N3O3S. The number of aliphatic hydroxyl groups is 1. The second-order valence-corrected chi connectivity index (χ2v) is 6.63. The molecule has 27 heavy (non-hydrogen) atoms. The van der Waals surface area contributed by atoms with Gasteiger partial charge in [-0.1, -0.05) is 12.1 Å². The van der Waals surface area contributed by atoms with Gasteiger partial charge in [0, 0.05) is 30.8 Å². The van der Waals surface area contributed by atoms with E-state index in [0.717, 1.165) is 12.1 Å². The monoisotopic (exact) mass is 399 g/mol. The van der Waals surface area contributed by atoms with E-state index in [4.69, 9.17) is 4.74 Å². The Kier molecular flexibility index (Phi) is 5.49. The van der Waals surface area contributed by atoms with Gasteiger partial charge in [0.2, 0.25) is 0 Å².